The third-order valence-corrected chi connectivity index (χ3v) is 5.32. The Bertz CT molecular complexity index is 875. The summed E-state index contributed by atoms with van der Waals surface area (Å²) in [5.41, 5.74) is 1.57. The molecule has 6 heteroatoms. The van der Waals surface area contributed by atoms with Crippen LogP contribution in [0.1, 0.15) is 33.3 Å². The van der Waals surface area contributed by atoms with E-state index in [2.05, 4.69) is 10.3 Å². The summed E-state index contributed by atoms with van der Waals surface area (Å²) in [6.07, 6.45) is 3.94. The van der Waals surface area contributed by atoms with Gasteiger partial charge in [0.25, 0.3) is 5.91 Å². The van der Waals surface area contributed by atoms with Gasteiger partial charge in [-0.05, 0) is 35.7 Å². The number of hydrogen-bond acceptors (Lipinski definition) is 4. The fourth-order valence-corrected chi connectivity index (χ4v) is 3.77. The van der Waals surface area contributed by atoms with E-state index in [9.17, 15) is 9.59 Å². The first-order chi connectivity index (χ1) is 14.2. The predicted octanol–water partition coefficient (Wildman–Crippen LogP) is 3.07. The Morgan fingerprint density at radius 1 is 1.10 bits per heavy atom. The second-order valence-electron chi connectivity index (χ2n) is 8.79. The van der Waals surface area contributed by atoms with Gasteiger partial charge in [0.1, 0.15) is 0 Å². The molecule has 1 aliphatic heterocycles. The molecule has 1 saturated heterocycles. The van der Waals surface area contributed by atoms with Crippen molar-refractivity contribution in [3.63, 3.8) is 0 Å². The number of rotatable bonds is 5. The van der Waals surface area contributed by atoms with Crippen molar-refractivity contribution in [3.05, 3.63) is 54.4 Å². The average Bonchev–Trinajstić information content (AvgIpc) is 2.74. The summed E-state index contributed by atoms with van der Waals surface area (Å²) in [7, 11) is 0. The van der Waals surface area contributed by atoms with Gasteiger partial charge in [-0.15, -0.1) is 0 Å². The summed E-state index contributed by atoms with van der Waals surface area (Å²) in [5.74, 6) is -0.137. The Labute approximate surface area is 178 Å². The van der Waals surface area contributed by atoms with Gasteiger partial charge in [-0.1, -0.05) is 45.0 Å². The molecule has 0 aliphatic carbocycles. The number of nitrogens with one attached hydrogen (secondary N) is 1. The molecular weight excluding hydrogens is 378 g/mol. The predicted molar refractivity (Wildman–Crippen MR) is 117 cm³/mol. The van der Waals surface area contributed by atoms with Crippen molar-refractivity contribution < 1.29 is 14.3 Å². The van der Waals surface area contributed by atoms with Crippen LogP contribution in [0.5, 0.6) is 0 Å². The SMILES string of the molecule is CCNC(=O)C1(Cc2ccc(-c3ccncc3)cc2)CN(C(=O)C(C)(C)C)CCO1. The highest BCUT2D eigenvalue weighted by molar-refractivity contribution is 5.88. The molecule has 1 atom stereocenters. The van der Waals surface area contributed by atoms with Crippen molar-refractivity contribution in [2.45, 2.75) is 39.7 Å². The number of likely N-dealkylation sites (N-methyl/N-ethyl adjacent to an activating group) is 1. The molecule has 0 radical (unpaired) electrons. The lowest BCUT2D eigenvalue weighted by Crippen LogP contribution is -2.63. The van der Waals surface area contributed by atoms with E-state index >= 15 is 0 Å². The smallest absolute Gasteiger partial charge is 0.254 e. The monoisotopic (exact) mass is 409 g/mol. The molecule has 1 aliphatic rings. The van der Waals surface area contributed by atoms with Crippen molar-refractivity contribution in [3.8, 4) is 11.1 Å². The van der Waals surface area contributed by atoms with E-state index in [1.165, 1.54) is 0 Å². The van der Waals surface area contributed by atoms with Crippen LogP contribution in [0, 0.1) is 5.41 Å². The number of hydrogen-bond donors (Lipinski definition) is 1. The molecule has 1 fully saturated rings. The minimum atomic E-state index is -1.09. The Balaban J connectivity index is 1.85. The average molecular weight is 410 g/mol. The molecule has 30 heavy (non-hydrogen) atoms. The number of ether oxygens (including phenoxy) is 1. The first-order valence-electron chi connectivity index (χ1n) is 10.5. The van der Waals surface area contributed by atoms with Gasteiger partial charge < -0.3 is 15.0 Å². The van der Waals surface area contributed by atoms with Crippen LogP contribution in [0.25, 0.3) is 11.1 Å². The fraction of sp³-hybridized carbons (Fsp3) is 0.458. The Kier molecular flexibility index (Phi) is 6.56. The van der Waals surface area contributed by atoms with E-state index in [4.69, 9.17) is 4.74 Å². The molecule has 2 aromatic rings. The van der Waals surface area contributed by atoms with Crippen LogP contribution >= 0.6 is 0 Å². The zero-order valence-corrected chi connectivity index (χ0v) is 18.3. The lowest BCUT2D eigenvalue weighted by molar-refractivity contribution is -0.169. The highest BCUT2D eigenvalue weighted by Crippen LogP contribution is 2.28. The molecule has 1 aromatic heterocycles. The molecule has 0 saturated carbocycles. The molecule has 1 unspecified atom stereocenters. The van der Waals surface area contributed by atoms with Crippen molar-refractivity contribution in [1.82, 2.24) is 15.2 Å². The summed E-state index contributed by atoms with van der Waals surface area (Å²) in [6.45, 7) is 9.19. The molecule has 2 heterocycles. The molecule has 2 amide bonds. The van der Waals surface area contributed by atoms with Crippen molar-refractivity contribution >= 4 is 11.8 Å². The highest BCUT2D eigenvalue weighted by atomic mass is 16.5. The number of amides is 2. The molecule has 3 rings (SSSR count). The van der Waals surface area contributed by atoms with Crippen LogP contribution in [-0.2, 0) is 20.7 Å². The van der Waals surface area contributed by atoms with Crippen LogP contribution in [0.3, 0.4) is 0 Å². The molecule has 160 valence electrons. The molecule has 0 bridgehead atoms. The van der Waals surface area contributed by atoms with Crippen molar-refractivity contribution in [1.29, 1.82) is 0 Å². The Morgan fingerprint density at radius 3 is 2.33 bits per heavy atom. The second kappa shape index (κ2) is 8.96. The van der Waals surface area contributed by atoms with Crippen molar-refractivity contribution in [2.75, 3.05) is 26.2 Å². The highest BCUT2D eigenvalue weighted by Gasteiger charge is 2.46. The van der Waals surface area contributed by atoms with Gasteiger partial charge in [0.2, 0.25) is 5.91 Å². The van der Waals surface area contributed by atoms with Gasteiger partial charge in [0, 0.05) is 37.3 Å². The summed E-state index contributed by atoms with van der Waals surface area (Å²) in [6, 6.07) is 12.0. The summed E-state index contributed by atoms with van der Waals surface area (Å²) in [4.78, 5) is 31.8. The third kappa shape index (κ3) is 4.87. The van der Waals surface area contributed by atoms with Crippen LogP contribution < -0.4 is 5.32 Å². The minimum absolute atomic E-state index is 0.0347. The number of nitrogens with zero attached hydrogens (tertiary/aromatic N) is 2. The number of pyridine rings is 1. The maximum atomic E-state index is 13.0. The van der Waals surface area contributed by atoms with Gasteiger partial charge in [-0.2, -0.15) is 0 Å². The van der Waals surface area contributed by atoms with E-state index in [1.807, 2.05) is 64.1 Å². The molecule has 1 aromatic carbocycles. The molecule has 0 spiro atoms. The minimum Gasteiger partial charge on any atom is -0.361 e. The summed E-state index contributed by atoms with van der Waals surface area (Å²) >= 11 is 0. The second-order valence-corrected chi connectivity index (χ2v) is 8.79. The standard InChI is InChI=1S/C24H31N3O3/c1-5-26-21(28)24(17-27(14-15-30-24)22(29)23(2,3)4)16-18-6-8-19(9-7-18)20-10-12-25-13-11-20/h6-13H,5,14-17H2,1-4H3,(H,26,28). The zero-order valence-electron chi connectivity index (χ0n) is 18.3. The van der Waals surface area contributed by atoms with E-state index in [0.717, 1.165) is 16.7 Å². The van der Waals surface area contributed by atoms with Crippen LogP contribution in [-0.4, -0.2) is 53.5 Å². The van der Waals surface area contributed by atoms with Gasteiger partial charge in [-0.25, -0.2) is 0 Å². The van der Waals surface area contributed by atoms with Crippen molar-refractivity contribution in [2.24, 2.45) is 5.41 Å². The number of aromatic nitrogens is 1. The molecule has 6 nitrogen and oxygen atoms in total. The van der Waals surface area contributed by atoms with Gasteiger partial charge in [0.05, 0.1) is 13.2 Å². The first-order valence-corrected chi connectivity index (χ1v) is 10.5. The maximum Gasteiger partial charge on any atom is 0.254 e. The van der Waals surface area contributed by atoms with E-state index in [-0.39, 0.29) is 18.4 Å². The van der Waals surface area contributed by atoms with Crippen LogP contribution in [0.2, 0.25) is 0 Å². The first kappa shape index (κ1) is 22.0. The summed E-state index contributed by atoms with van der Waals surface area (Å²) in [5, 5.41) is 2.90. The van der Waals surface area contributed by atoms with Gasteiger partial charge >= 0.3 is 0 Å². The van der Waals surface area contributed by atoms with E-state index in [1.54, 1.807) is 17.3 Å². The molecule has 1 N–H and O–H groups in total. The van der Waals surface area contributed by atoms with Crippen LogP contribution in [0.4, 0.5) is 0 Å². The van der Waals surface area contributed by atoms with Gasteiger partial charge in [-0.3, -0.25) is 14.6 Å². The maximum absolute atomic E-state index is 13.0. The number of morpholine rings is 1. The lowest BCUT2D eigenvalue weighted by Gasteiger charge is -2.43. The number of carbonyl (C=O) groups is 2. The Morgan fingerprint density at radius 2 is 1.73 bits per heavy atom. The quantitative estimate of drug-likeness (QED) is 0.824. The zero-order chi connectivity index (χ0) is 21.8. The van der Waals surface area contributed by atoms with Gasteiger partial charge in [0.15, 0.2) is 5.60 Å². The largest absolute Gasteiger partial charge is 0.361 e. The van der Waals surface area contributed by atoms with Crippen LogP contribution in [0.15, 0.2) is 48.8 Å². The van der Waals surface area contributed by atoms with E-state index in [0.29, 0.717) is 26.1 Å². The van der Waals surface area contributed by atoms with E-state index < -0.39 is 11.0 Å². The fourth-order valence-electron chi connectivity index (χ4n) is 3.77. The number of benzene rings is 1. The summed E-state index contributed by atoms with van der Waals surface area (Å²) < 4.78 is 6.08. The normalized spacial score (nSPS) is 19.4. The molecular formula is C24H31N3O3. The number of carbonyl (C=O) groups excluding carboxylic acids is 2. The third-order valence-electron chi connectivity index (χ3n) is 5.32. The lowest BCUT2D eigenvalue weighted by atomic mass is 9.88. The Hall–Kier alpha value is -2.73. The topological polar surface area (TPSA) is 71.5 Å².